The van der Waals surface area contributed by atoms with Gasteiger partial charge < -0.3 is 4.74 Å². The fourth-order valence-corrected chi connectivity index (χ4v) is 5.31. The summed E-state index contributed by atoms with van der Waals surface area (Å²) in [6, 6.07) is 20.0. The van der Waals surface area contributed by atoms with E-state index in [4.69, 9.17) is 4.74 Å². The summed E-state index contributed by atoms with van der Waals surface area (Å²) < 4.78 is 33.9. The molecule has 29 heavy (non-hydrogen) atoms. The Balaban J connectivity index is 1.58. The van der Waals surface area contributed by atoms with Crippen molar-refractivity contribution in [2.75, 3.05) is 6.54 Å². The molecule has 1 saturated heterocycles. The molecule has 1 aromatic heterocycles. The third-order valence-electron chi connectivity index (χ3n) is 5.19. The zero-order valence-electron chi connectivity index (χ0n) is 16.4. The van der Waals surface area contributed by atoms with E-state index >= 15 is 0 Å². The maximum Gasteiger partial charge on any atom is 0.243 e. The van der Waals surface area contributed by atoms with Gasteiger partial charge in [0.2, 0.25) is 15.9 Å². The van der Waals surface area contributed by atoms with Gasteiger partial charge in [-0.3, -0.25) is 0 Å². The molecule has 0 spiro atoms. The summed E-state index contributed by atoms with van der Waals surface area (Å²) in [7, 11) is -3.56. The Morgan fingerprint density at radius 1 is 0.966 bits per heavy atom. The Hall–Kier alpha value is -2.70. The highest BCUT2D eigenvalue weighted by Gasteiger charge is 2.34. The van der Waals surface area contributed by atoms with Gasteiger partial charge in [-0.25, -0.2) is 13.4 Å². The smallest absolute Gasteiger partial charge is 0.243 e. The molecule has 0 N–H and O–H groups in total. The molecule has 1 atom stereocenters. The number of rotatable bonds is 5. The largest absolute Gasteiger partial charge is 0.439 e. The predicted molar refractivity (Wildman–Crippen MR) is 112 cm³/mol. The number of aryl methyl sites for hydroxylation is 1. The predicted octanol–water partition coefficient (Wildman–Crippen LogP) is 5.10. The molecule has 4 rings (SSSR count). The topological polar surface area (TPSA) is 59.5 Å². The second-order valence-electron chi connectivity index (χ2n) is 7.29. The highest BCUT2D eigenvalue weighted by Crippen LogP contribution is 2.35. The lowest BCUT2D eigenvalue weighted by Gasteiger charge is -2.34. The van der Waals surface area contributed by atoms with Gasteiger partial charge in [-0.2, -0.15) is 4.31 Å². The molecular weight excluding hydrogens is 384 g/mol. The first-order valence-corrected chi connectivity index (χ1v) is 11.3. The average molecular weight is 409 g/mol. The summed E-state index contributed by atoms with van der Waals surface area (Å²) in [6.07, 6.45) is 4.37. The number of hydrogen-bond acceptors (Lipinski definition) is 4. The van der Waals surface area contributed by atoms with E-state index in [0.29, 0.717) is 23.1 Å². The normalized spacial score (nSPS) is 17.8. The van der Waals surface area contributed by atoms with Gasteiger partial charge in [0.25, 0.3) is 0 Å². The maximum atomic E-state index is 13.3. The van der Waals surface area contributed by atoms with E-state index < -0.39 is 10.0 Å². The lowest BCUT2D eigenvalue weighted by atomic mass is 9.99. The minimum atomic E-state index is -3.56. The Labute approximate surface area is 172 Å². The van der Waals surface area contributed by atoms with E-state index in [1.165, 1.54) is 0 Å². The van der Waals surface area contributed by atoms with Gasteiger partial charge in [-0.1, -0.05) is 48.4 Å². The maximum absolute atomic E-state index is 13.3. The van der Waals surface area contributed by atoms with Crippen LogP contribution in [0, 0.1) is 6.92 Å². The molecule has 1 unspecified atom stereocenters. The highest BCUT2D eigenvalue weighted by atomic mass is 32.2. The van der Waals surface area contributed by atoms with E-state index in [-0.39, 0.29) is 6.04 Å². The van der Waals surface area contributed by atoms with Crippen LogP contribution < -0.4 is 4.74 Å². The molecule has 6 heteroatoms. The third kappa shape index (κ3) is 4.33. The van der Waals surface area contributed by atoms with Crippen molar-refractivity contribution in [3.05, 3.63) is 84.1 Å². The molecule has 2 aromatic carbocycles. The summed E-state index contributed by atoms with van der Waals surface area (Å²) in [5.74, 6) is 1.21. The summed E-state index contributed by atoms with van der Waals surface area (Å²) in [6.45, 7) is 2.47. The molecule has 1 aliphatic heterocycles. The Bertz CT molecular complexity index is 1050. The van der Waals surface area contributed by atoms with E-state index in [1.54, 1.807) is 28.7 Å². The van der Waals surface area contributed by atoms with Crippen molar-refractivity contribution in [2.24, 2.45) is 0 Å². The van der Waals surface area contributed by atoms with Crippen LogP contribution in [-0.2, 0) is 10.0 Å². The van der Waals surface area contributed by atoms with Gasteiger partial charge in [0.1, 0.15) is 5.75 Å². The SMILES string of the molecule is Cc1ccc(S(=O)(=O)N2CCCCC2c2ccc(Oc3ccccc3)nc2)cc1. The number of pyridine rings is 1. The molecule has 0 bridgehead atoms. The van der Waals surface area contributed by atoms with Crippen LogP contribution in [-0.4, -0.2) is 24.3 Å². The van der Waals surface area contributed by atoms with Crippen LogP contribution in [0.3, 0.4) is 0 Å². The first-order chi connectivity index (χ1) is 14.0. The Morgan fingerprint density at radius 3 is 2.41 bits per heavy atom. The van der Waals surface area contributed by atoms with Crippen LogP contribution in [0.2, 0.25) is 0 Å². The minimum absolute atomic E-state index is 0.215. The molecule has 2 heterocycles. The molecule has 3 aromatic rings. The van der Waals surface area contributed by atoms with Crippen molar-refractivity contribution in [1.82, 2.24) is 9.29 Å². The molecule has 0 amide bonds. The summed E-state index contributed by atoms with van der Waals surface area (Å²) >= 11 is 0. The van der Waals surface area contributed by atoms with Gasteiger partial charge >= 0.3 is 0 Å². The van der Waals surface area contributed by atoms with Crippen LogP contribution in [0.4, 0.5) is 0 Å². The molecule has 1 fully saturated rings. The number of sulfonamides is 1. The fourth-order valence-electron chi connectivity index (χ4n) is 3.63. The number of para-hydroxylation sites is 1. The van der Waals surface area contributed by atoms with E-state index in [2.05, 4.69) is 4.98 Å². The molecule has 1 aliphatic rings. The van der Waals surface area contributed by atoms with Crippen LogP contribution in [0.1, 0.15) is 36.4 Å². The van der Waals surface area contributed by atoms with E-state index in [9.17, 15) is 8.42 Å². The number of ether oxygens (including phenoxy) is 1. The molecule has 0 saturated carbocycles. The van der Waals surface area contributed by atoms with E-state index in [1.807, 2.05) is 55.5 Å². The van der Waals surface area contributed by atoms with Gasteiger partial charge in [0.15, 0.2) is 0 Å². The molecule has 0 aliphatic carbocycles. The van der Waals surface area contributed by atoms with Crippen molar-refractivity contribution >= 4 is 10.0 Å². The second kappa shape index (κ2) is 8.35. The molecule has 5 nitrogen and oxygen atoms in total. The summed E-state index contributed by atoms with van der Waals surface area (Å²) in [5, 5.41) is 0. The highest BCUT2D eigenvalue weighted by molar-refractivity contribution is 7.89. The van der Waals surface area contributed by atoms with Crippen molar-refractivity contribution in [1.29, 1.82) is 0 Å². The van der Waals surface area contributed by atoms with Crippen LogP contribution in [0.25, 0.3) is 0 Å². The number of benzene rings is 2. The van der Waals surface area contributed by atoms with Gasteiger partial charge in [0.05, 0.1) is 10.9 Å². The summed E-state index contributed by atoms with van der Waals surface area (Å²) in [4.78, 5) is 4.75. The lowest BCUT2D eigenvalue weighted by Crippen LogP contribution is -2.38. The van der Waals surface area contributed by atoms with E-state index in [0.717, 1.165) is 30.4 Å². The first-order valence-electron chi connectivity index (χ1n) is 9.81. The Morgan fingerprint density at radius 2 is 1.72 bits per heavy atom. The minimum Gasteiger partial charge on any atom is -0.439 e. The van der Waals surface area contributed by atoms with Crippen molar-refractivity contribution < 1.29 is 13.2 Å². The second-order valence-corrected chi connectivity index (χ2v) is 9.18. The average Bonchev–Trinajstić information content (AvgIpc) is 2.75. The van der Waals surface area contributed by atoms with Gasteiger partial charge in [-0.15, -0.1) is 0 Å². The lowest BCUT2D eigenvalue weighted by molar-refractivity contribution is 0.255. The molecule has 150 valence electrons. The van der Waals surface area contributed by atoms with Crippen molar-refractivity contribution in [3.63, 3.8) is 0 Å². The van der Waals surface area contributed by atoms with Gasteiger partial charge in [-0.05, 0) is 49.6 Å². The van der Waals surface area contributed by atoms with Crippen LogP contribution in [0.5, 0.6) is 11.6 Å². The third-order valence-corrected chi connectivity index (χ3v) is 7.11. The fraction of sp³-hybridized carbons (Fsp3) is 0.261. The molecular formula is C23H24N2O3S. The zero-order chi connectivity index (χ0) is 20.3. The van der Waals surface area contributed by atoms with Crippen molar-refractivity contribution in [3.8, 4) is 11.6 Å². The van der Waals surface area contributed by atoms with Crippen LogP contribution in [0.15, 0.2) is 77.8 Å². The monoisotopic (exact) mass is 408 g/mol. The number of aromatic nitrogens is 1. The first kappa shape index (κ1) is 19.6. The molecule has 0 radical (unpaired) electrons. The summed E-state index contributed by atoms with van der Waals surface area (Å²) in [5.41, 5.74) is 1.93. The quantitative estimate of drug-likeness (QED) is 0.589. The van der Waals surface area contributed by atoms with Gasteiger partial charge in [0, 0.05) is 18.8 Å². The number of hydrogen-bond donors (Lipinski definition) is 0. The number of piperidine rings is 1. The zero-order valence-corrected chi connectivity index (χ0v) is 17.2. The van der Waals surface area contributed by atoms with Crippen LogP contribution >= 0.6 is 0 Å². The standard InChI is InChI=1S/C23H24N2O3S/c1-18-10-13-21(14-11-18)29(26,27)25-16-6-5-9-22(25)19-12-15-23(24-17-19)28-20-7-3-2-4-8-20/h2-4,7-8,10-15,17,22H,5-6,9,16H2,1H3. The number of nitrogens with zero attached hydrogens (tertiary/aromatic N) is 2. The Kier molecular flexibility index (Phi) is 5.65. The van der Waals surface area contributed by atoms with Crippen molar-refractivity contribution in [2.45, 2.75) is 37.1 Å².